The Kier molecular flexibility index (Phi) is 5.92. The van der Waals surface area contributed by atoms with Gasteiger partial charge in [0.2, 0.25) is 11.8 Å². The lowest BCUT2D eigenvalue weighted by atomic mass is 9.89. The van der Waals surface area contributed by atoms with E-state index < -0.39 is 0 Å². The molecule has 3 fully saturated rings. The number of carbonyl (C=O) groups is 2. The summed E-state index contributed by atoms with van der Waals surface area (Å²) in [5, 5.41) is 6.68. The van der Waals surface area contributed by atoms with Crippen molar-refractivity contribution in [1.82, 2.24) is 15.5 Å². The summed E-state index contributed by atoms with van der Waals surface area (Å²) in [5.74, 6) is 1.04. The Labute approximate surface area is 139 Å². The van der Waals surface area contributed by atoms with E-state index in [-0.39, 0.29) is 5.91 Å². The van der Waals surface area contributed by atoms with E-state index in [9.17, 15) is 9.59 Å². The van der Waals surface area contributed by atoms with Crippen molar-refractivity contribution in [3.05, 3.63) is 0 Å². The first kappa shape index (κ1) is 16.7. The fraction of sp³-hybridized carbons (Fsp3) is 0.889. The number of fused-ring (bicyclic) bond motifs is 2. The number of carbonyl (C=O) groups excluding carboxylic acids is 2. The van der Waals surface area contributed by atoms with Crippen LogP contribution < -0.4 is 10.6 Å². The number of hydrogen-bond donors (Lipinski definition) is 2. The molecule has 3 aliphatic rings. The van der Waals surface area contributed by atoms with Crippen LogP contribution in [0.1, 0.15) is 64.2 Å². The van der Waals surface area contributed by atoms with Gasteiger partial charge in [-0.15, -0.1) is 0 Å². The van der Waals surface area contributed by atoms with Crippen LogP contribution in [0, 0.1) is 5.92 Å². The summed E-state index contributed by atoms with van der Waals surface area (Å²) < 4.78 is 0. The van der Waals surface area contributed by atoms with Gasteiger partial charge in [0, 0.05) is 44.6 Å². The molecule has 3 heterocycles. The van der Waals surface area contributed by atoms with Crippen molar-refractivity contribution >= 4 is 11.8 Å². The summed E-state index contributed by atoms with van der Waals surface area (Å²) in [4.78, 5) is 26.0. The van der Waals surface area contributed by atoms with Crippen LogP contribution in [0.25, 0.3) is 0 Å². The van der Waals surface area contributed by atoms with Crippen molar-refractivity contribution in [2.24, 2.45) is 5.92 Å². The van der Waals surface area contributed by atoms with Gasteiger partial charge in [-0.25, -0.2) is 0 Å². The molecule has 2 unspecified atom stereocenters. The highest BCUT2D eigenvalue weighted by Crippen LogP contribution is 2.32. The van der Waals surface area contributed by atoms with Crippen LogP contribution in [0.5, 0.6) is 0 Å². The zero-order chi connectivity index (χ0) is 16.1. The second-order valence-electron chi connectivity index (χ2n) is 7.57. The molecule has 0 aliphatic carbocycles. The van der Waals surface area contributed by atoms with Gasteiger partial charge in [0.25, 0.3) is 0 Å². The zero-order valence-corrected chi connectivity index (χ0v) is 14.2. The summed E-state index contributed by atoms with van der Waals surface area (Å²) >= 11 is 0. The highest BCUT2D eigenvalue weighted by Gasteiger charge is 2.34. The SMILES string of the molecule is O=C(CC1CC2CCC(C1)N2)NCCCN1CCCCCC1=O. The van der Waals surface area contributed by atoms with Gasteiger partial charge in [0.05, 0.1) is 0 Å². The smallest absolute Gasteiger partial charge is 0.222 e. The van der Waals surface area contributed by atoms with E-state index in [0.29, 0.717) is 43.3 Å². The molecule has 0 saturated carbocycles. The van der Waals surface area contributed by atoms with E-state index in [0.717, 1.165) is 51.6 Å². The van der Waals surface area contributed by atoms with Gasteiger partial charge in [-0.3, -0.25) is 9.59 Å². The molecule has 5 heteroatoms. The highest BCUT2D eigenvalue weighted by molar-refractivity contribution is 5.76. The predicted molar refractivity (Wildman–Crippen MR) is 90.0 cm³/mol. The van der Waals surface area contributed by atoms with E-state index >= 15 is 0 Å². The number of amides is 2. The molecule has 0 radical (unpaired) electrons. The molecule has 0 aromatic heterocycles. The van der Waals surface area contributed by atoms with Gasteiger partial charge in [-0.1, -0.05) is 6.42 Å². The maximum Gasteiger partial charge on any atom is 0.222 e. The first-order valence-electron chi connectivity index (χ1n) is 9.51. The summed E-state index contributed by atoms with van der Waals surface area (Å²) in [5.41, 5.74) is 0. The molecule has 23 heavy (non-hydrogen) atoms. The Bertz CT molecular complexity index is 414. The minimum absolute atomic E-state index is 0.193. The third-order valence-corrected chi connectivity index (χ3v) is 5.64. The van der Waals surface area contributed by atoms with E-state index in [1.54, 1.807) is 0 Å². The summed E-state index contributed by atoms with van der Waals surface area (Å²) in [6, 6.07) is 1.31. The van der Waals surface area contributed by atoms with Crippen molar-refractivity contribution in [2.45, 2.75) is 76.3 Å². The van der Waals surface area contributed by atoms with Crippen LogP contribution in [0.4, 0.5) is 0 Å². The van der Waals surface area contributed by atoms with E-state index in [2.05, 4.69) is 10.6 Å². The molecule has 2 atom stereocenters. The van der Waals surface area contributed by atoms with Crippen LogP contribution in [-0.2, 0) is 9.59 Å². The highest BCUT2D eigenvalue weighted by atomic mass is 16.2. The maximum absolute atomic E-state index is 12.1. The first-order valence-corrected chi connectivity index (χ1v) is 9.51. The third kappa shape index (κ3) is 4.93. The second kappa shape index (κ2) is 8.13. The molecule has 3 rings (SSSR count). The minimum Gasteiger partial charge on any atom is -0.356 e. The molecule has 0 aromatic carbocycles. The number of likely N-dealkylation sites (tertiary alicyclic amines) is 1. The number of rotatable bonds is 6. The Balaban J connectivity index is 1.29. The number of piperidine rings is 1. The number of nitrogens with one attached hydrogen (secondary N) is 2. The number of nitrogens with zero attached hydrogens (tertiary/aromatic N) is 1. The van der Waals surface area contributed by atoms with E-state index in [4.69, 9.17) is 0 Å². The average molecular weight is 321 g/mol. The Morgan fingerprint density at radius 2 is 1.96 bits per heavy atom. The molecule has 3 saturated heterocycles. The maximum atomic E-state index is 12.1. The second-order valence-corrected chi connectivity index (χ2v) is 7.57. The zero-order valence-electron chi connectivity index (χ0n) is 14.2. The molecule has 0 spiro atoms. The third-order valence-electron chi connectivity index (χ3n) is 5.64. The molecular formula is C18H31N3O2. The molecule has 130 valence electrons. The van der Waals surface area contributed by atoms with Crippen LogP contribution in [0.3, 0.4) is 0 Å². The summed E-state index contributed by atoms with van der Waals surface area (Å²) in [6.45, 7) is 2.38. The average Bonchev–Trinajstić information content (AvgIpc) is 2.74. The van der Waals surface area contributed by atoms with Crippen molar-refractivity contribution in [1.29, 1.82) is 0 Å². The van der Waals surface area contributed by atoms with Crippen molar-refractivity contribution in [2.75, 3.05) is 19.6 Å². The van der Waals surface area contributed by atoms with Gasteiger partial charge in [0.1, 0.15) is 0 Å². The quantitative estimate of drug-likeness (QED) is 0.734. The summed E-state index contributed by atoms with van der Waals surface area (Å²) in [6.07, 6.45) is 10.5. The normalized spacial score (nSPS) is 31.0. The lowest BCUT2D eigenvalue weighted by Gasteiger charge is -2.28. The monoisotopic (exact) mass is 321 g/mol. The molecular weight excluding hydrogens is 290 g/mol. The molecule has 5 nitrogen and oxygen atoms in total. The summed E-state index contributed by atoms with van der Waals surface area (Å²) in [7, 11) is 0. The Morgan fingerprint density at radius 3 is 2.74 bits per heavy atom. The van der Waals surface area contributed by atoms with Crippen LogP contribution in [0.15, 0.2) is 0 Å². The minimum atomic E-state index is 0.193. The van der Waals surface area contributed by atoms with Gasteiger partial charge < -0.3 is 15.5 Å². The van der Waals surface area contributed by atoms with E-state index in [1.165, 1.54) is 12.8 Å². The van der Waals surface area contributed by atoms with E-state index in [1.807, 2.05) is 4.90 Å². The molecule has 2 N–H and O–H groups in total. The van der Waals surface area contributed by atoms with Crippen molar-refractivity contribution < 1.29 is 9.59 Å². The van der Waals surface area contributed by atoms with Gasteiger partial charge >= 0.3 is 0 Å². The van der Waals surface area contributed by atoms with Crippen LogP contribution >= 0.6 is 0 Å². The molecule has 0 aromatic rings. The van der Waals surface area contributed by atoms with Crippen LogP contribution in [-0.4, -0.2) is 48.4 Å². The Morgan fingerprint density at radius 1 is 1.17 bits per heavy atom. The lowest BCUT2D eigenvalue weighted by molar-refractivity contribution is -0.130. The predicted octanol–water partition coefficient (Wildman–Crippen LogP) is 1.82. The molecule has 2 bridgehead atoms. The topological polar surface area (TPSA) is 61.4 Å². The molecule has 3 aliphatic heterocycles. The van der Waals surface area contributed by atoms with Crippen molar-refractivity contribution in [3.63, 3.8) is 0 Å². The van der Waals surface area contributed by atoms with Crippen molar-refractivity contribution in [3.8, 4) is 0 Å². The first-order chi connectivity index (χ1) is 11.2. The largest absolute Gasteiger partial charge is 0.356 e. The standard InChI is InChI=1S/C18H31N3O2/c22-17(13-14-11-15-6-7-16(12-14)20-15)19-8-4-10-21-9-3-1-2-5-18(21)23/h14-16,20H,1-13H2,(H,19,22). The van der Waals surface area contributed by atoms with Crippen LogP contribution in [0.2, 0.25) is 0 Å². The fourth-order valence-electron chi connectivity index (χ4n) is 4.45. The van der Waals surface area contributed by atoms with Gasteiger partial charge in [-0.2, -0.15) is 0 Å². The van der Waals surface area contributed by atoms with Gasteiger partial charge in [-0.05, 0) is 50.9 Å². The number of hydrogen-bond acceptors (Lipinski definition) is 3. The fourth-order valence-corrected chi connectivity index (χ4v) is 4.45. The molecule has 2 amide bonds. The lowest BCUT2D eigenvalue weighted by Crippen LogP contribution is -2.40. The Hall–Kier alpha value is -1.10. The van der Waals surface area contributed by atoms with Gasteiger partial charge in [0.15, 0.2) is 0 Å².